The lowest BCUT2D eigenvalue weighted by molar-refractivity contribution is 0.0848. The molecule has 1 heterocycles. The maximum Gasteiger partial charge on any atom is 0.227 e. The third-order valence-corrected chi connectivity index (χ3v) is 4.42. The predicted octanol–water partition coefficient (Wildman–Crippen LogP) is 4.84. The molecule has 6 nitrogen and oxygen atoms in total. The minimum Gasteiger partial charge on any atom is -0.493 e. The van der Waals surface area contributed by atoms with Gasteiger partial charge in [0.25, 0.3) is 0 Å². The van der Waals surface area contributed by atoms with Gasteiger partial charge >= 0.3 is 0 Å². The van der Waals surface area contributed by atoms with E-state index in [9.17, 15) is 4.79 Å². The van der Waals surface area contributed by atoms with Gasteiger partial charge in [-0.15, -0.1) is 0 Å². The molecule has 0 saturated carbocycles. The second-order valence-corrected chi connectivity index (χ2v) is 6.71. The predicted molar refractivity (Wildman–Crippen MR) is 113 cm³/mol. The van der Waals surface area contributed by atoms with Crippen molar-refractivity contribution in [1.82, 2.24) is 4.98 Å². The summed E-state index contributed by atoms with van der Waals surface area (Å²) in [6.45, 7) is 3.76. The molecule has 0 atom stereocenters. The van der Waals surface area contributed by atoms with Gasteiger partial charge in [-0.3, -0.25) is 4.79 Å². The van der Waals surface area contributed by atoms with Crippen LogP contribution in [-0.2, 0) is 4.74 Å². The summed E-state index contributed by atoms with van der Waals surface area (Å²) in [5, 5.41) is 1.01. The summed E-state index contributed by atoms with van der Waals surface area (Å²) in [6.07, 6.45) is 3.44. The number of carbonyl (C=O) groups excluding carboxylic acids is 1. The Labute approximate surface area is 170 Å². The van der Waals surface area contributed by atoms with Crippen molar-refractivity contribution in [3.8, 4) is 17.2 Å². The number of ketones is 1. The molecule has 2 aromatic carbocycles. The van der Waals surface area contributed by atoms with Gasteiger partial charge in [0, 0.05) is 28.2 Å². The summed E-state index contributed by atoms with van der Waals surface area (Å²) in [5.41, 5.74) is 2.24. The van der Waals surface area contributed by atoms with Crippen LogP contribution in [0.4, 0.5) is 0 Å². The number of ether oxygens (including phenoxy) is 4. The minimum atomic E-state index is -0.275. The van der Waals surface area contributed by atoms with Crippen LogP contribution in [0.5, 0.6) is 17.2 Å². The molecule has 0 aliphatic heterocycles. The number of fused-ring (bicyclic) bond motifs is 1. The number of H-pyrrole nitrogens is 1. The molecule has 0 bridgehead atoms. The molecule has 152 valence electrons. The van der Waals surface area contributed by atoms with E-state index < -0.39 is 0 Å². The summed E-state index contributed by atoms with van der Waals surface area (Å²) in [7, 11) is 4.55. The third-order valence-electron chi connectivity index (χ3n) is 4.42. The normalized spacial score (nSPS) is 11.6. The fourth-order valence-electron chi connectivity index (χ4n) is 3.12. The Morgan fingerprint density at radius 3 is 2.24 bits per heavy atom. The monoisotopic (exact) mass is 395 g/mol. The molecule has 0 unspecified atom stereocenters. The SMILES string of the molecule is COc1cc(C(=O)/C(=C\c2c[nH]c3ccccc23)OC(C)C)cc(OC)c1OC. The number of allylic oxidation sites excluding steroid dienone is 1. The maximum atomic E-state index is 13.3. The number of carbonyl (C=O) groups is 1. The largest absolute Gasteiger partial charge is 0.493 e. The Balaban J connectivity index is 2.09. The van der Waals surface area contributed by atoms with E-state index in [1.165, 1.54) is 21.3 Å². The molecule has 6 heteroatoms. The third kappa shape index (κ3) is 4.21. The van der Waals surface area contributed by atoms with Crippen LogP contribution in [-0.4, -0.2) is 38.2 Å². The smallest absolute Gasteiger partial charge is 0.227 e. The summed E-state index contributed by atoms with van der Waals surface area (Å²) >= 11 is 0. The van der Waals surface area contributed by atoms with Crippen LogP contribution in [0.1, 0.15) is 29.8 Å². The molecule has 3 aromatic rings. The summed E-state index contributed by atoms with van der Waals surface area (Å²) < 4.78 is 22.0. The van der Waals surface area contributed by atoms with Crippen molar-refractivity contribution in [3.63, 3.8) is 0 Å². The molecule has 0 amide bonds. The van der Waals surface area contributed by atoms with Crippen molar-refractivity contribution in [2.45, 2.75) is 20.0 Å². The van der Waals surface area contributed by atoms with Gasteiger partial charge in [0.1, 0.15) is 0 Å². The number of para-hydroxylation sites is 1. The van der Waals surface area contributed by atoms with Gasteiger partial charge in [0.15, 0.2) is 17.3 Å². The fourth-order valence-corrected chi connectivity index (χ4v) is 3.12. The van der Waals surface area contributed by atoms with Crippen molar-refractivity contribution in [2.24, 2.45) is 0 Å². The number of aromatic nitrogens is 1. The Morgan fingerprint density at radius 2 is 1.66 bits per heavy atom. The molecule has 3 rings (SSSR count). The van der Waals surface area contributed by atoms with Crippen LogP contribution in [0.25, 0.3) is 17.0 Å². The summed E-state index contributed by atoms with van der Waals surface area (Å²) in [5.74, 6) is 1.21. The average molecular weight is 395 g/mol. The Hall–Kier alpha value is -3.41. The highest BCUT2D eigenvalue weighted by atomic mass is 16.5. The number of benzene rings is 2. The van der Waals surface area contributed by atoms with Crippen LogP contribution in [0.2, 0.25) is 0 Å². The lowest BCUT2D eigenvalue weighted by atomic mass is 10.1. The second kappa shape index (κ2) is 8.73. The molecule has 0 spiro atoms. The molecule has 0 fully saturated rings. The number of nitrogens with one attached hydrogen (secondary N) is 1. The van der Waals surface area contributed by atoms with Gasteiger partial charge in [-0.05, 0) is 38.1 Å². The molecule has 0 saturated heterocycles. The first kappa shape index (κ1) is 20.3. The first-order valence-electron chi connectivity index (χ1n) is 9.27. The molecule has 0 radical (unpaired) electrons. The topological polar surface area (TPSA) is 69.8 Å². The van der Waals surface area contributed by atoms with Gasteiger partial charge in [-0.2, -0.15) is 0 Å². The highest BCUT2D eigenvalue weighted by Gasteiger charge is 2.21. The van der Waals surface area contributed by atoms with Crippen LogP contribution >= 0.6 is 0 Å². The van der Waals surface area contributed by atoms with Crippen molar-refractivity contribution in [1.29, 1.82) is 0 Å². The van der Waals surface area contributed by atoms with Crippen LogP contribution in [0.15, 0.2) is 48.4 Å². The molecule has 0 aliphatic carbocycles. The highest BCUT2D eigenvalue weighted by Crippen LogP contribution is 2.39. The van der Waals surface area contributed by atoms with E-state index >= 15 is 0 Å². The van der Waals surface area contributed by atoms with Crippen molar-refractivity contribution in [2.75, 3.05) is 21.3 Å². The van der Waals surface area contributed by atoms with E-state index in [0.717, 1.165) is 16.5 Å². The first-order chi connectivity index (χ1) is 14.0. The van der Waals surface area contributed by atoms with Gasteiger partial charge < -0.3 is 23.9 Å². The van der Waals surface area contributed by atoms with E-state index in [2.05, 4.69) is 4.98 Å². The summed E-state index contributed by atoms with van der Waals surface area (Å²) in [4.78, 5) is 16.5. The van der Waals surface area contributed by atoms with Crippen molar-refractivity contribution in [3.05, 3.63) is 59.5 Å². The van der Waals surface area contributed by atoms with Gasteiger partial charge in [0.05, 0.1) is 27.4 Å². The molecule has 29 heavy (non-hydrogen) atoms. The number of Topliss-reactive ketones (excluding diaryl/α,β-unsaturated/α-hetero) is 1. The number of hydrogen-bond donors (Lipinski definition) is 1. The Bertz CT molecular complexity index is 1020. The molecule has 1 N–H and O–H groups in total. The maximum absolute atomic E-state index is 13.3. The lowest BCUT2D eigenvalue weighted by Crippen LogP contribution is -2.12. The van der Waals surface area contributed by atoms with E-state index in [-0.39, 0.29) is 17.6 Å². The standard InChI is InChI=1S/C23H25NO5/c1-14(2)29-19(12-16-13-24-18-9-7-6-8-17(16)18)22(25)15-10-20(26-3)23(28-5)21(11-15)27-4/h6-14,24H,1-5H3/b19-12+. The number of aromatic amines is 1. The minimum absolute atomic E-state index is 0.169. The number of hydrogen-bond acceptors (Lipinski definition) is 5. The van der Waals surface area contributed by atoms with E-state index in [1.807, 2.05) is 44.3 Å². The molecule has 0 aliphatic rings. The highest BCUT2D eigenvalue weighted by molar-refractivity contribution is 6.11. The van der Waals surface area contributed by atoms with Crippen LogP contribution in [0.3, 0.4) is 0 Å². The molecule has 1 aromatic heterocycles. The van der Waals surface area contributed by atoms with Gasteiger partial charge in [-0.25, -0.2) is 0 Å². The first-order valence-corrected chi connectivity index (χ1v) is 9.27. The van der Waals surface area contributed by atoms with Crippen LogP contribution in [0, 0.1) is 0 Å². The van der Waals surface area contributed by atoms with Crippen LogP contribution < -0.4 is 14.2 Å². The van der Waals surface area contributed by atoms with Gasteiger partial charge in [-0.1, -0.05) is 18.2 Å². The zero-order chi connectivity index (χ0) is 21.0. The van der Waals surface area contributed by atoms with Gasteiger partial charge in [0.2, 0.25) is 11.5 Å². The molecular weight excluding hydrogens is 370 g/mol. The van der Waals surface area contributed by atoms with E-state index in [0.29, 0.717) is 22.8 Å². The zero-order valence-electron chi connectivity index (χ0n) is 17.2. The van der Waals surface area contributed by atoms with E-state index in [4.69, 9.17) is 18.9 Å². The second-order valence-electron chi connectivity index (χ2n) is 6.71. The van der Waals surface area contributed by atoms with Crippen molar-refractivity contribution < 1.29 is 23.7 Å². The molecular formula is C23H25NO5. The number of methoxy groups -OCH3 is 3. The average Bonchev–Trinajstić information content (AvgIpc) is 3.14. The fraction of sp³-hybridized carbons (Fsp3) is 0.261. The van der Waals surface area contributed by atoms with Crippen molar-refractivity contribution >= 4 is 22.8 Å². The Morgan fingerprint density at radius 1 is 1.00 bits per heavy atom. The lowest BCUT2D eigenvalue weighted by Gasteiger charge is -2.16. The zero-order valence-corrected chi connectivity index (χ0v) is 17.2. The number of rotatable bonds is 8. The quantitative estimate of drug-likeness (QED) is 0.336. The summed E-state index contributed by atoms with van der Waals surface area (Å²) in [6, 6.07) is 11.1. The Kier molecular flexibility index (Phi) is 6.12. The van der Waals surface area contributed by atoms with E-state index in [1.54, 1.807) is 18.2 Å².